The number of ether oxygens (including phenoxy) is 2. The van der Waals surface area contributed by atoms with Crippen molar-refractivity contribution in [3.8, 4) is 0 Å². The third-order valence-corrected chi connectivity index (χ3v) is 5.85. The van der Waals surface area contributed by atoms with Crippen LogP contribution in [0.5, 0.6) is 0 Å². The maximum Gasteiger partial charge on any atom is 0.191 e. The number of likely N-dealkylation sites (tertiary alicyclic amines) is 1. The van der Waals surface area contributed by atoms with Crippen LogP contribution in [0.2, 0.25) is 0 Å². The van der Waals surface area contributed by atoms with Crippen LogP contribution in [-0.4, -0.2) is 80.4 Å². The number of morpholine rings is 1. The van der Waals surface area contributed by atoms with Gasteiger partial charge in [0.25, 0.3) is 0 Å². The number of hydrogen-bond acceptors (Lipinski definition) is 4. The average Bonchev–Trinajstić information content (AvgIpc) is 3.11. The molecule has 1 aliphatic carbocycles. The van der Waals surface area contributed by atoms with Crippen molar-refractivity contribution >= 4 is 5.96 Å². The minimum Gasteiger partial charge on any atom is -0.381 e. The van der Waals surface area contributed by atoms with Crippen LogP contribution in [0.15, 0.2) is 4.99 Å². The van der Waals surface area contributed by atoms with Gasteiger partial charge in [-0.2, -0.15) is 0 Å². The molecule has 6 heteroatoms. The van der Waals surface area contributed by atoms with E-state index in [1.165, 1.54) is 25.7 Å². The van der Waals surface area contributed by atoms with Crippen LogP contribution in [0.4, 0.5) is 0 Å². The number of aliphatic imine (C=N–C) groups is 1. The van der Waals surface area contributed by atoms with Crippen molar-refractivity contribution in [3.63, 3.8) is 0 Å². The fourth-order valence-electron chi connectivity index (χ4n) is 4.29. The topological polar surface area (TPSA) is 63.3 Å². The highest BCUT2D eigenvalue weighted by molar-refractivity contribution is 5.78. The molecule has 0 bridgehead atoms. The lowest BCUT2D eigenvalue weighted by atomic mass is 9.91. The van der Waals surface area contributed by atoms with Gasteiger partial charge in [-0.3, -0.25) is 9.89 Å². The lowest BCUT2D eigenvalue weighted by Gasteiger charge is -2.44. The van der Waals surface area contributed by atoms with Gasteiger partial charge in [0.1, 0.15) is 0 Å². The highest BCUT2D eigenvalue weighted by Crippen LogP contribution is 2.37. The Hall–Kier alpha value is -0.850. The number of rotatable bonds is 4. The van der Waals surface area contributed by atoms with E-state index < -0.39 is 0 Å². The van der Waals surface area contributed by atoms with Crippen LogP contribution in [0, 0.1) is 0 Å². The maximum absolute atomic E-state index is 6.24. The summed E-state index contributed by atoms with van der Waals surface area (Å²) in [6.45, 7) is 6.34. The zero-order valence-electron chi connectivity index (χ0n) is 14.5. The summed E-state index contributed by atoms with van der Waals surface area (Å²) in [5, 5.41) is 0. The lowest BCUT2D eigenvalue weighted by Crippen LogP contribution is -2.54. The van der Waals surface area contributed by atoms with E-state index in [2.05, 4.69) is 9.80 Å². The summed E-state index contributed by atoms with van der Waals surface area (Å²) < 4.78 is 10.9. The van der Waals surface area contributed by atoms with Gasteiger partial charge in [-0.05, 0) is 25.7 Å². The second kappa shape index (κ2) is 7.81. The number of nitrogens with two attached hydrogens (primary N) is 1. The monoisotopic (exact) mass is 324 g/mol. The van der Waals surface area contributed by atoms with Crippen molar-refractivity contribution in [2.45, 2.75) is 50.2 Å². The predicted molar refractivity (Wildman–Crippen MR) is 91.7 cm³/mol. The van der Waals surface area contributed by atoms with E-state index in [9.17, 15) is 0 Å². The number of hydrogen-bond donors (Lipinski definition) is 1. The van der Waals surface area contributed by atoms with Gasteiger partial charge in [0, 0.05) is 38.8 Å². The molecule has 2 aliphatic heterocycles. The van der Waals surface area contributed by atoms with Gasteiger partial charge in [0.2, 0.25) is 0 Å². The summed E-state index contributed by atoms with van der Waals surface area (Å²) in [4.78, 5) is 9.64. The minimum atomic E-state index is 0.232. The third kappa shape index (κ3) is 3.98. The molecule has 0 unspecified atom stereocenters. The van der Waals surface area contributed by atoms with Gasteiger partial charge >= 0.3 is 0 Å². The maximum atomic E-state index is 6.24. The van der Waals surface area contributed by atoms with E-state index in [1.54, 1.807) is 0 Å². The molecule has 1 saturated carbocycles. The molecule has 0 spiro atoms. The summed E-state index contributed by atoms with van der Waals surface area (Å²) >= 11 is 0. The molecule has 0 aromatic carbocycles. The molecular weight excluding hydrogens is 292 g/mol. The Morgan fingerprint density at radius 2 is 1.83 bits per heavy atom. The molecule has 0 atom stereocenters. The Morgan fingerprint density at radius 3 is 2.43 bits per heavy atom. The van der Waals surface area contributed by atoms with Gasteiger partial charge in [0.15, 0.2) is 5.96 Å². The molecule has 6 nitrogen and oxygen atoms in total. The van der Waals surface area contributed by atoms with Crippen LogP contribution < -0.4 is 5.73 Å². The van der Waals surface area contributed by atoms with Crippen LogP contribution in [0.3, 0.4) is 0 Å². The Balaban J connectivity index is 1.61. The molecule has 2 saturated heterocycles. The summed E-state index contributed by atoms with van der Waals surface area (Å²) in [6.07, 6.45) is 7.86. The summed E-state index contributed by atoms with van der Waals surface area (Å²) in [7, 11) is 1.83. The largest absolute Gasteiger partial charge is 0.381 e. The Bertz CT molecular complexity index is 395. The van der Waals surface area contributed by atoms with Crippen molar-refractivity contribution in [2.75, 3.05) is 53.0 Å². The van der Waals surface area contributed by atoms with E-state index in [0.29, 0.717) is 12.1 Å². The molecule has 2 heterocycles. The molecule has 3 aliphatic rings. The van der Waals surface area contributed by atoms with Gasteiger partial charge in [-0.15, -0.1) is 0 Å². The summed E-state index contributed by atoms with van der Waals surface area (Å²) in [5.74, 6) is 0.700. The molecule has 3 rings (SSSR count). The highest BCUT2D eigenvalue weighted by Gasteiger charge is 2.41. The minimum absolute atomic E-state index is 0.232. The fourth-order valence-corrected chi connectivity index (χ4v) is 4.29. The van der Waals surface area contributed by atoms with E-state index in [4.69, 9.17) is 20.2 Å². The van der Waals surface area contributed by atoms with E-state index in [0.717, 1.165) is 58.8 Å². The van der Waals surface area contributed by atoms with Crippen LogP contribution in [0.1, 0.15) is 38.5 Å². The number of guanidine groups is 1. The SMILES string of the molecule is COC1CCN(C2(CN=C(N)N3CCOCC3)CCCC2)CC1. The Kier molecular flexibility index (Phi) is 5.77. The average molecular weight is 324 g/mol. The van der Waals surface area contributed by atoms with E-state index in [1.807, 2.05) is 7.11 Å². The molecule has 132 valence electrons. The lowest BCUT2D eigenvalue weighted by molar-refractivity contribution is -0.000192. The van der Waals surface area contributed by atoms with Crippen LogP contribution in [0.25, 0.3) is 0 Å². The van der Waals surface area contributed by atoms with Crippen molar-refractivity contribution in [1.82, 2.24) is 9.80 Å². The standard InChI is InChI=1S/C17H32N4O2/c1-22-15-4-8-21(9-5-15)17(6-2-3-7-17)14-19-16(18)20-10-12-23-13-11-20/h15H,2-14H2,1H3,(H2,18,19). The smallest absolute Gasteiger partial charge is 0.191 e. The molecular formula is C17H32N4O2. The first-order valence-corrected chi connectivity index (χ1v) is 9.14. The van der Waals surface area contributed by atoms with Crippen molar-refractivity contribution in [2.24, 2.45) is 10.7 Å². The summed E-state index contributed by atoms with van der Waals surface area (Å²) in [5.41, 5.74) is 6.47. The second-order valence-corrected chi connectivity index (χ2v) is 7.13. The predicted octanol–water partition coefficient (Wildman–Crippen LogP) is 1.06. The molecule has 3 fully saturated rings. The summed E-state index contributed by atoms with van der Waals surface area (Å²) in [6, 6.07) is 0. The van der Waals surface area contributed by atoms with Crippen LogP contribution >= 0.6 is 0 Å². The molecule has 23 heavy (non-hydrogen) atoms. The second-order valence-electron chi connectivity index (χ2n) is 7.13. The van der Waals surface area contributed by atoms with Crippen molar-refractivity contribution in [3.05, 3.63) is 0 Å². The van der Waals surface area contributed by atoms with E-state index >= 15 is 0 Å². The first-order chi connectivity index (χ1) is 11.2. The normalized spacial score (nSPS) is 27.5. The quantitative estimate of drug-likeness (QED) is 0.619. The molecule has 0 amide bonds. The first kappa shape index (κ1) is 17.0. The fraction of sp³-hybridized carbons (Fsp3) is 0.941. The van der Waals surface area contributed by atoms with Gasteiger partial charge in [0.05, 0.1) is 25.9 Å². The highest BCUT2D eigenvalue weighted by atomic mass is 16.5. The van der Waals surface area contributed by atoms with Gasteiger partial charge < -0.3 is 20.1 Å². The van der Waals surface area contributed by atoms with Crippen LogP contribution in [-0.2, 0) is 9.47 Å². The zero-order valence-corrected chi connectivity index (χ0v) is 14.5. The number of piperidine rings is 1. The number of nitrogens with zero attached hydrogens (tertiary/aromatic N) is 3. The molecule has 0 radical (unpaired) electrons. The Morgan fingerprint density at radius 1 is 1.17 bits per heavy atom. The first-order valence-electron chi connectivity index (χ1n) is 9.14. The third-order valence-electron chi connectivity index (χ3n) is 5.85. The molecule has 0 aromatic heterocycles. The molecule has 0 aromatic rings. The van der Waals surface area contributed by atoms with Gasteiger partial charge in [-0.1, -0.05) is 12.8 Å². The van der Waals surface area contributed by atoms with Crippen molar-refractivity contribution in [1.29, 1.82) is 0 Å². The van der Waals surface area contributed by atoms with Gasteiger partial charge in [-0.25, -0.2) is 0 Å². The van der Waals surface area contributed by atoms with Crippen molar-refractivity contribution < 1.29 is 9.47 Å². The number of methoxy groups -OCH3 is 1. The Labute approximate surface area is 140 Å². The van der Waals surface area contributed by atoms with E-state index in [-0.39, 0.29) is 5.54 Å². The molecule has 2 N–H and O–H groups in total. The zero-order chi connectivity index (χ0) is 16.1.